The van der Waals surface area contributed by atoms with Crippen LogP contribution in [0.5, 0.6) is 5.75 Å². The third-order valence-corrected chi connectivity index (χ3v) is 6.02. The highest BCUT2D eigenvalue weighted by atomic mass is 16.3. The summed E-state index contributed by atoms with van der Waals surface area (Å²) in [4.78, 5) is 4.74. The maximum Gasteiger partial charge on any atom is 0.124 e. The molecular formula is C27H26N4O2. The molecule has 4 aromatic rings. The molecule has 1 aliphatic heterocycles. The number of aromatic nitrogens is 1. The second-order valence-corrected chi connectivity index (χ2v) is 8.22. The van der Waals surface area contributed by atoms with Crippen LogP contribution in [0.2, 0.25) is 0 Å². The molecule has 0 saturated heterocycles. The number of pyridine rings is 1. The lowest BCUT2D eigenvalue weighted by Gasteiger charge is -2.20. The quantitative estimate of drug-likeness (QED) is 0.282. The number of aliphatic hydroxyl groups is 1. The smallest absolute Gasteiger partial charge is 0.124 e. The summed E-state index contributed by atoms with van der Waals surface area (Å²) in [5.41, 5.74) is 13.7. The number of hydrogen-bond acceptors (Lipinski definition) is 6. The number of hydrazine groups is 1. The Morgan fingerprint density at radius 1 is 0.970 bits per heavy atom. The van der Waals surface area contributed by atoms with E-state index in [4.69, 9.17) is 4.98 Å². The number of rotatable bonds is 6. The Morgan fingerprint density at radius 2 is 1.76 bits per heavy atom. The number of hydrogen-bond donors (Lipinski definition) is 5. The van der Waals surface area contributed by atoms with E-state index < -0.39 is 0 Å². The standard InChI is InChI=1S/C27H26N4O2/c1-17-22-13-19(11-12-24(22)31-30-17)23-14-20(29-25(16-32)18-7-3-2-4-8-18)15-28-27(23)21-9-5-6-10-26(21)33/h2-15,17,25,29-33H,16H2,1H3. The van der Waals surface area contributed by atoms with Crippen LogP contribution in [0.15, 0.2) is 85.1 Å². The maximum atomic E-state index is 10.5. The van der Waals surface area contributed by atoms with Gasteiger partial charge in [0.1, 0.15) is 5.75 Å². The van der Waals surface area contributed by atoms with Gasteiger partial charge in [0.05, 0.1) is 42.0 Å². The molecule has 6 heteroatoms. The zero-order valence-corrected chi connectivity index (χ0v) is 18.3. The number of anilines is 2. The second-order valence-electron chi connectivity index (χ2n) is 8.22. The number of phenolic OH excluding ortho intramolecular Hbond substituents is 1. The number of para-hydroxylation sites is 1. The van der Waals surface area contributed by atoms with Gasteiger partial charge in [0.2, 0.25) is 0 Å². The summed E-state index contributed by atoms with van der Waals surface area (Å²) in [7, 11) is 0. The van der Waals surface area contributed by atoms with Gasteiger partial charge >= 0.3 is 0 Å². The molecule has 5 rings (SSSR count). The molecule has 0 radical (unpaired) electrons. The molecule has 2 unspecified atom stereocenters. The Bertz CT molecular complexity index is 1280. The molecule has 33 heavy (non-hydrogen) atoms. The van der Waals surface area contributed by atoms with Crippen LogP contribution >= 0.6 is 0 Å². The number of fused-ring (bicyclic) bond motifs is 1. The number of benzene rings is 3. The van der Waals surface area contributed by atoms with Crippen molar-refractivity contribution in [1.29, 1.82) is 0 Å². The van der Waals surface area contributed by atoms with Crippen LogP contribution in [0.3, 0.4) is 0 Å². The monoisotopic (exact) mass is 438 g/mol. The number of nitrogens with zero attached hydrogens (tertiary/aromatic N) is 1. The molecule has 166 valence electrons. The summed E-state index contributed by atoms with van der Waals surface area (Å²) in [5.74, 6) is 0.183. The fourth-order valence-electron chi connectivity index (χ4n) is 4.24. The zero-order chi connectivity index (χ0) is 22.8. The largest absolute Gasteiger partial charge is 0.507 e. The lowest BCUT2D eigenvalue weighted by atomic mass is 9.95. The number of phenols is 1. The van der Waals surface area contributed by atoms with Gasteiger partial charge in [-0.25, -0.2) is 5.43 Å². The van der Waals surface area contributed by atoms with Crippen molar-refractivity contribution in [3.63, 3.8) is 0 Å². The molecule has 6 nitrogen and oxygen atoms in total. The Balaban J connectivity index is 1.60. The Hall–Kier alpha value is -3.87. The van der Waals surface area contributed by atoms with Crippen molar-refractivity contribution >= 4 is 11.4 Å². The van der Waals surface area contributed by atoms with E-state index in [1.165, 1.54) is 5.56 Å². The average Bonchev–Trinajstić information content (AvgIpc) is 3.23. The van der Waals surface area contributed by atoms with Gasteiger partial charge in [-0.05, 0) is 53.9 Å². The van der Waals surface area contributed by atoms with Gasteiger partial charge in [-0.15, -0.1) is 0 Å². The van der Waals surface area contributed by atoms with Crippen molar-refractivity contribution in [3.05, 3.63) is 96.2 Å². The van der Waals surface area contributed by atoms with Crippen LogP contribution in [0.4, 0.5) is 11.4 Å². The van der Waals surface area contributed by atoms with Gasteiger partial charge in [-0.3, -0.25) is 4.98 Å². The van der Waals surface area contributed by atoms with Gasteiger partial charge in [0.15, 0.2) is 0 Å². The van der Waals surface area contributed by atoms with Crippen molar-refractivity contribution < 1.29 is 10.2 Å². The average molecular weight is 439 g/mol. The molecule has 1 aliphatic rings. The van der Waals surface area contributed by atoms with Crippen LogP contribution in [-0.2, 0) is 0 Å². The molecule has 0 fully saturated rings. The van der Waals surface area contributed by atoms with E-state index in [2.05, 4.69) is 41.3 Å². The van der Waals surface area contributed by atoms with E-state index in [1.807, 2.05) is 48.5 Å². The molecule has 1 aromatic heterocycles. The van der Waals surface area contributed by atoms with Crippen molar-refractivity contribution in [1.82, 2.24) is 10.4 Å². The lowest BCUT2D eigenvalue weighted by Crippen LogP contribution is -2.15. The van der Waals surface area contributed by atoms with Crippen molar-refractivity contribution in [2.45, 2.75) is 19.0 Å². The van der Waals surface area contributed by atoms with E-state index in [0.717, 1.165) is 28.1 Å². The van der Waals surface area contributed by atoms with Crippen molar-refractivity contribution in [3.8, 4) is 28.1 Å². The number of aromatic hydroxyl groups is 1. The first-order chi connectivity index (χ1) is 16.1. The summed E-state index contributed by atoms with van der Waals surface area (Å²) in [6.07, 6.45) is 1.75. The molecular weight excluding hydrogens is 412 g/mol. The van der Waals surface area contributed by atoms with E-state index >= 15 is 0 Å². The van der Waals surface area contributed by atoms with E-state index in [0.29, 0.717) is 11.3 Å². The summed E-state index contributed by atoms with van der Waals surface area (Å²) >= 11 is 0. The minimum Gasteiger partial charge on any atom is -0.507 e. The highest BCUT2D eigenvalue weighted by Crippen LogP contribution is 2.39. The minimum absolute atomic E-state index is 0.0474. The van der Waals surface area contributed by atoms with Crippen LogP contribution in [0.1, 0.15) is 30.1 Å². The third kappa shape index (κ3) is 4.14. The first-order valence-electron chi connectivity index (χ1n) is 11.0. The molecule has 0 aliphatic carbocycles. The normalized spacial score (nSPS) is 15.5. The predicted molar refractivity (Wildman–Crippen MR) is 132 cm³/mol. The van der Waals surface area contributed by atoms with Crippen molar-refractivity contribution in [2.75, 3.05) is 17.3 Å². The zero-order valence-electron chi connectivity index (χ0n) is 18.3. The van der Waals surface area contributed by atoms with Gasteiger partial charge in [0.25, 0.3) is 0 Å². The molecule has 0 bridgehead atoms. The SMILES string of the molecule is CC1NNc2ccc(-c3cc(NC(CO)c4ccccc4)cnc3-c3ccccc3O)cc21. The molecule has 0 amide bonds. The number of nitrogens with one attached hydrogen (secondary N) is 3. The van der Waals surface area contributed by atoms with Gasteiger partial charge in [-0.1, -0.05) is 48.5 Å². The lowest BCUT2D eigenvalue weighted by molar-refractivity contribution is 0.276. The fraction of sp³-hybridized carbons (Fsp3) is 0.148. The van der Waals surface area contributed by atoms with Crippen molar-refractivity contribution in [2.24, 2.45) is 0 Å². The Kier molecular flexibility index (Phi) is 5.69. The highest BCUT2D eigenvalue weighted by Gasteiger charge is 2.20. The number of aliphatic hydroxyl groups excluding tert-OH is 1. The molecule has 0 spiro atoms. The Labute approximate surface area is 192 Å². The highest BCUT2D eigenvalue weighted by molar-refractivity contribution is 5.86. The second kappa shape index (κ2) is 8.94. The summed E-state index contributed by atoms with van der Waals surface area (Å²) in [6, 6.07) is 25.3. The topological polar surface area (TPSA) is 89.4 Å². The Morgan fingerprint density at radius 3 is 2.55 bits per heavy atom. The van der Waals surface area contributed by atoms with Gasteiger partial charge in [-0.2, -0.15) is 0 Å². The molecule has 5 N–H and O–H groups in total. The molecule has 2 heterocycles. The molecule has 0 saturated carbocycles. The van der Waals surface area contributed by atoms with E-state index in [1.54, 1.807) is 18.3 Å². The van der Waals surface area contributed by atoms with E-state index in [-0.39, 0.29) is 24.4 Å². The summed E-state index contributed by atoms with van der Waals surface area (Å²) < 4.78 is 0. The van der Waals surface area contributed by atoms with Crippen LogP contribution in [-0.4, -0.2) is 21.8 Å². The van der Waals surface area contributed by atoms with Gasteiger partial charge < -0.3 is 21.0 Å². The molecule has 3 aromatic carbocycles. The minimum atomic E-state index is -0.259. The summed E-state index contributed by atoms with van der Waals surface area (Å²) in [5, 5.41) is 23.9. The van der Waals surface area contributed by atoms with Crippen LogP contribution in [0.25, 0.3) is 22.4 Å². The third-order valence-electron chi connectivity index (χ3n) is 6.02. The van der Waals surface area contributed by atoms with Crippen LogP contribution < -0.4 is 16.2 Å². The predicted octanol–water partition coefficient (Wildman–Crippen LogP) is 5.26. The first-order valence-corrected chi connectivity index (χ1v) is 11.0. The first kappa shape index (κ1) is 21.0. The van der Waals surface area contributed by atoms with E-state index in [9.17, 15) is 10.2 Å². The fourth-order valence-corrected chi connectivity index (χ4v) is 4.24. The van der Waals surface area contributed by atoms with Gasteiger partial charge in [0, 0.05) is 11.1 Å². The summed E-state index contributed by atoms with van der Waals surface area (Å²) in [6.45, 7) is 2.06. The van der Waals surface area contributed by atoms with Crippen LogP contribution in [0, 0.1) is 0 Å². The maximum absolute atomic E-state index is 10.5. The molecule has 2 atom stereocenters.